The summed E-state index contributed by atoms with van der Waals surface area (Å²) in [6.07, 6.45) is 3.41. The molecule has 0 saturated heterocycles. The van der Waals surface area contributed by atoms with Gasteiger partial charge in [0.25, 0.3) is 5.91 Å². The van der Waals surface area contributed by atoms with Gasteiger partial charge in [0.05, 0.1) is 5.41 Å². The van der Waals surface area contributed by atoms with Gasteiger partial charge in [-0.1, -0.05) is 73.8 Å². The van der Waals surface area contributed by atoms with Gasteiger partial charge in [-0.05, 0) is 42.0 Å². The Hall–Kier alpha value is -2.33. The number of amides is 1. The largest absolute Gasteiger partial charge is 0.455 e. The smallest absolute Gasteiger partial charge is 0.317 e. The van der Waals surface area contributed by atoms with Crippen molar-refractivity contribution in [2.75, 3.05) is 13.2 Å². The van der Waals surface area contributed by atoms with E-state index in [4.69, 9.17) is 16.3 Å². The fourth-order valence-electron chi connectivity index (χ4n) is 3.84. The van der Waals surface area contributed by atoms with Gasteiger partial charge in [0, 0.05) is 11.6 Å². The molecule has 0 aromatic heterocycles. The van der Waals surface area contributed by atoms with Gasteiger partial charge in [0.15, 0.2) is 6.61 Å². The highest BCUT2D eigenvalue weighted by Gasteiger charge is 2.44. The van der Waals surface area contributed by atoms with E-state index in [2.05, 4.69) is 12.2 Å². The van der Waals surface area contributed by atoms with Crippen LogP contribution in [0, 0.1) is 0 Å². The number of benzene rings is 2. The summed E-state index contributed by atoms with van der Waals surface area (Å²) in [4.78, 5) is 25.1. The monoisotopic (exact) mass is 399 g/mol. The first-order valence-corrected chi connectivity index (χ1v) is 10.1. The van der Waals surface area contributed by atoms with Crippen LogP contribution >= 0.6 is 11.6 Å². The zero-order chi connectivity index (χ0) is 20.0. The molecular weight excluding hydrogens is 374 g/mol. The van der Waals surface area contributed by atoms with Crippen LogP contribution in [-0.4, -0.2) is 25.0 Å². The Labute approximate surface area is 171 Å². The number of rotatable bonds is 7. The highest BCUT2D eigenvalue weighted by atomic mass is 35.5. The van der Waals surface area contributed by atoms with Crippen molar-refractivity contribution in [3.63, 3.8) is 0 Å². The van der Waals surface area contributed by atoms with Crippen LogP contribution in [0.3, 0.4) is 0 Å². The molecule has 2 aromatic rings. The van der Waals surface area contributed by atoms with E-state index in [0.29, 0.717) is 11.6 Å². The molecule has 148 valence electrons. The number of hydrogen-bond acceptors (Lipinski definition) is 3. The lowest BCUT2D eigenvalue weighted by Crippen LogP contribution is -2.38. The molecule has 2 aromatic carbocycles. The van der Waals surface area contributed by atoms with Gasteiger partial charge < -0.3 is 10.1 Å². The van der Waals surface area contributed by atoms with Gasteiger partial charge in [0.1, 0.15) is 0 Å². The first-order chi connectivity index (χ1) is 13.5. The number of ether oxygens (including phenoxy) is 1. The molecule has 0 unspecified atom stereocenters. The Bertz CT molecular complexity index is 798. The summed E-state index contributed by atoms with van der Waals surface area (Å²) in [5, 5.41) is 3.49. The minimum absolute atomic E-state index is 0.191. The van der Waals surface area contributed by atoms with E-state index < -0.39 is 5.41 Å². The number of carbonyl (C=O) groups excluding carboxylic acids is 2. The Balaban J connectivity index is 1.54. The lowest BCUT2D eigenvalue weighted by molar-refractivity contribution is -0.154. The number of nitrogens with one attached hydrogen (secondary N) is 1. The van der Waals surface area contributed by atoms with Gasteiger partial charge in [-0.15, -0.1) is 0 Å². The molecule has 4 nitrogen and oxygen atoms in total. The molecule has 0 aliphatic heterocycles. The van der Waals surface area contributed by atoms with E-state index in [0.717, 1.165) is 36.8 Å². The van der Waals surface area contributed by atoms with Gasteiger partial charge in [0.2, 0.25) is 0 Å². The topological polar surface area (TPSA) is 55.4 Å². The predicted molar refractivity (Wildman–Crippen MR) is 110 cm³/mol. The third-order valence-electron chi connectivity index (χ3n) is 5.55. The van der Waals surface area contributed by atoms with Crippen LogP contribution in [-0.2, 0) is 19.7 Å². The maximum absolute atomic E-state index is 12.9. The average molecular weight is 400 g/mol. The van der Waals surface area contributed by atoms with Gasteiger partial charge in [-0.3, -0.25) is 9.59 Å². The third-order valence-corrected chi connectivity index (χ3v) is 5.81. The SMILES string of the molecule is C[C@H](CNC(=O)COC(=O)C1(c2ccc(Cl)cc2)CCCC1)c1ccccc1. The summed E-state index contributed by atoms with van der Waals surface area (Å²) in [6.45, 7) is 2.30. The van der Waals surface area contributed by atoms with E-state index in [1.807, 2.05) is 42.5 Å². The van der Waals surface area contributed by atoms with Crippen molar-refractivity contribution in [3.8, 4) is 0 Å². The highest BCUT2D eigenvalue weighted by Crippen LogP contribution is 2.42. The zero-order valence-corrected chi connectivity index (χ0v) is 16.9. The summed E-state index contributed by atoms with van der Waals surface area (Å²) in [7, 11) is 0. The second-order valence-electron chi connectivity index (χ2n) is 7.49. The molecule has 1 amide bonds. The molecule has 5 heteroatoms. The van der Waals surface area contributed by atoms with E-state index in [1.165, 1.54) is 0 Å². The average Bonchev–Trinajstić information content (AvgIpc) is 3.22. The van der Waals surface area contributed by atoms with Crippen LogP contribution in [0.25, 0.3) is 0 Å². The van der Waals surface area contributed by atoms with Crippen LogP contribution in [0.1, 0.15) is 49.7 Å². The molecule has 0 spiro atoms. The predicted octanol–water partition coefficient (Wildman–Crippen LogP) is 4.61. The maximum Gasteiger partial charge on any atom is 0.317 e. The van der Waals surface area contributed by atoms with E-state index in [9.17, 15) is 9.59 Å². The molecule has 1 aliphatic carbocycles. The first kappa shape index (κ1) is 20.4. The molecule has 1 atom stereocenters. The summed E-state index contributed by atoms with van der Waals surface area (Å²) in [6, 6.07) is 17.4. The molecular formula is C23H26ClNO3. The fraction of sp³-hybridized carbons (Fsp3) is 0.391. The summed E-state index contributed by atoms with van der Waals surface area (Å²) >= 11 is 5.98. The molecule has 1 saturated carbocycles. The lowest BCUT2D eigenvalue weighted by Gasteiger charge is -2.27. The molecule has 0 radical (unpaired) electrons. The van der Waals surface area contributed by atoms with Crippen molar-refractivity contribution in [3.05, 3.63) is 70.7 Å². The Morgan fingerprint density at radius 3 is 2.36 bits per heavy atom. The molecule has 1 aliphatic rings. The van der Waals surface area contributed by atoms with Crippen molar-refractivity contribution < 1.29 is 14.3 Å². The van der Waals surface area contributed by atoms with E-state index >= 15 is 0 Å². The Morgan fingerprint density at radius 1 is 1.07 bits per heavy atom. The molecule has 3 rings (SSSR count). The van der Waals surface area contributed by atoms with E-state index in [-0.39, 0.29) is 24.4 Å². The normalized spacial score (nSPS) is 16.4. The van der Waals surface area contributed by atoms with Crippen LogP contribution in [0.15, 0.2) is 54.6 Å². The zero-order valence-electron chi connectivity index (χ0n) is 16.1. The molecule has 1 N–H and O–H groups in total. The van der Waals surface area contributed by atoms with Gasteiger partial charge >= 0.3 is 5.97 Å². The fourth-order valence-corrected chi connectivity index (χ4v) is 3.97. The second-order valence-corrected chi connectivity index (χ2v) is 7.92. The molecule has 0 heterocycles. The highest BCUT2D eigenvalue weighted by molar-refractivity contribution is 6.30. The standard InChI is InChI=1S/C23H26ClNO3/c1-17(18-7-3-2-4-8-18)15-25-21(26)16-28-22(27)23(13-5-6-14-23)19-9-11-20(24)12-10-19/h2-4,7-12,17H,5-6,13-16H2,1H3,(H,25,26)/t17-/m1/s1. The summed E-state index contributed by atoms with van der Waals surface area (Å²) < 4.78 is 5.43. The minimum Gasteiger partial charge on any atom is -0.455 e. The molecule has 28 heavy (non-hydrogen) atoms. The van der Waals surface area contributed by atoms with Crippen molar-refractivity contribution in [1.82, 2.24) is 5.32 Å². The number of carbonyl (C=O) groups is 2. The molecule has 0 bridgehead atoms. The first-order valence-electron chi connectivity index (χ1n) is 9.76. The van der Waals surface area contributed by atoms with Crippen LogP contribution in [0.2, 0.25) is 5.02 Å². The minimum atomic E-state index is -0.664. The quantitative estimate of drug-likeness (QED) is 0.691. The summed E-state index contributed by atoms with van der Waals surface area (Å²) in [5.41, 5.74) is 1.41. The maximum atomic E-state index is 12.9. The van der Waals surface area contributed by atoms with Crippen molar-refractivity contribution >= 4 is 23.5 Å². The van der Waals surface area contributed by atoms with Crippen molar-refractivity contribution in [2.45, 2.75) is 43.9 Å². The van der Waals surface area contributed by atoms with Gasteiger partial charge in [-0.25, -0.2) is 0 Å². The van der Waals surface area contributed by atoms with E-state index in [1.54, 1.807) is 12.1 Å². The Kier molecular flexibility index (Phi) is 6.74. The third kappa shape index (κ3) is 4.74. The summed E-state index contributed by atoms with van der Waals surface area (Å²) in [5.74, 6) is -0.407. The number of halogens is 1. The van der Waals surface area contributed by atoms with Crippen molar-refractivity contribution in [2.24, 2.45) is 0 Å². The second kappa shape index (κ2) is 9.24. The van der Waals surface area contributed by atoms with Gasteiger partial charge in [-0.2, -0.15) is 0 Å². The molecule has 1 fully saturated rings. The van der Waals surface area contributed by atoms with Crippen molar-refractivity contribution in [1.29, 1.82) is 0 Å². The van der Waals surface area contributed by atoms with Crippen LogP contribution in [0.5, 0.6) is 0 Å². The number of esters is 1. The lowest BCUT2D eigenvalue weighted by atomic mass is 9.79. The Morgan fingerprint density at radius 2 is 1.71 bits per heavy atom. The van der Waals surface area contributed by atoms with Crippen LogP contribution in [0.4, 0.5) is 0 Å². The number of hydrogen-bond donors (Lipinski definition) is 1. The van der Waals surface area contributed by atoms with Crippen LogP contribution < -0.4 is 5.32 Å².